The Labute approximate surface area is 282 Å². The fraction of sp³-hybridized carbons (Fsp3) is 0.0435. The van der Waals surface area contributed by atoms with Crippen molar-refractivity contribution in [2.75, 3.05) is 0 Å². The van der Waals surface area contributed by atoms with Crippen LogP contribution in [0.15, 0.2) is 158 Å². The maximum absolute atomic E-state index is 7.09. The minimum absolute atomic E-state index is 0.0670. The van der Waals surface area contributed by atoms with Gasteiger partial charge in [-0.15, -0.1) is 11.3 Å². The van der Waals surface area contributed by atoms with Crippen molar-refractivity contribution in [2.45, 2.75) is 12.0 Å². The molecule has 8 aromatic carbocycles. The van der Waals surface area contributed by atoms with Gasteiger partial charge < -0.3 is 4.74 Å². The molecule has 1 aliphatic carbocycles. The van der Waals surface area contributed by atoms with Gasteiger partial charge in [0, 0.05) is 21.0 Å². The maximum Gasteiger partial charge on any atom is 0.142 e. The summed E-state index contributed by atoms with van der Waals surface area (Å²) in [7, 11) is 0. The molecule has 224 valence electrons. The average molecular weight is 629 g/mol. The predicted octanol–water partition coefficient (Wildman–Crippen LogP) is 12.5. The minimum atomic E-state index is -0.0670. The largest absolute Gasteiger partial charge is 0.484 e. The van der Waals surface area contributed by atoms with Crippen molar-refractivity contribution in [1.29, 1.82) is 0 Å². The molecular weight excluding hydrogens is 601 g/mol. The van der Waals surface area contributed by atoms with Crippen LogP contribution >= 0.6 is 11.3 Å². The van der Waals surface area contributed by atoms with E-state index in [9.17, 15) is 0 Å². The zero-order valence-corrected chi connectivity index (χ0v) is 26.8. The van der Waals surface area contributed by atoms with Crippen LogP contribution in [0.2, 0.25) is 0 Å². The monoisotopic (exact) mass is 628 g/mol. The van der Waals surface area contributed by atoms with Crippen molar-refractivity contribution >= 4 is 69.4 Å². The predicted molar refractivity (Wildman–Crippen MR) is 204 cm³/mol. The third-order valence-electron chi connectivity index (χ3n) is 10.6. The van der Waals surface area contributed by atoms with Crippen molar-refractivity contribution in [2.24, 2.45) is 0 Å². The van der Waals surface area contributed by atoms with Crippen molar-refractivity contribution < 1.29 is 4.74 Å². The number of hydrogen-bond donors (Lipinski definition) is 0. The molecule has 0 bridgehead atoms. The molecule has 0 fully saturated rings. The highest BCUT2D eigenvalue weighted by Crippen LogP contribution is 2.55. The van der Waals surface area contributed by atoms with E-state index in [4.69, 9.17) is 4.74 Å². The summed E-state index contributed by atoms with van der Waals surface area (Å²) in [6.07, 6.45) is 2.32. The summed E-state index contributed by atoms with van der Waals surface area (Å²) in [5, 5.41) is 10.3. The van der Waals surface area contributed by atoms with Crippen LogP contribution in [-0.4, -0.2) is 6.10 Å². The number of ether oxygens (including phenoxy) is 1. The first-order valence-electron chi connectivity index (χ1n) is 16.7. The first-order chi connectivity index (χ1) is 23.8. The summed E-state index contributed by atoms with van der Waals surface area (Å²) >= 11 is 1.88. The molecule has 2 atom stereocenters. The van der Waals surface area contributed by atoms with Crippen LogP contribution in [0.4, 0.5) is 0 Å². The van der Waals surface area contributed by atoms with Crippen molar-refractivity contribution in [3.8, 4) is 16.9 Å². The standard InChI is InChI=1S/C46H28OS/c1-3-15-29-27(11-1)13-9-21-31(29)39-25-41-43(35-19-7-5-17-33(35)39)37-23-24-38-44-36-20-8-6-18-34(36)40(26-42(44)48-46(38)45(37)47-41)32-22-10-14-28-12-2-4-16-30(28)32/h1-26,41,43H. The Morgan fingerprint density at radius 2 is 1.08 bits per heavy atom. The number of rotatable bonds is 2. The Hall–Kier alpha value is -5.70. The molecule has 2 aliphatic rings. The Kier molecular flexibility index (Phi) is 5.44. The normalized spacial score (nSPS) is 16.6. The molecule has 48 heavy (non-hydrogen) atoms. The van der Waals surface area contributed by atoms with Crippen LogP contribution in [0.25, 0.3) is 69.2 Å². The zero-order chi connectivity index (χ0) is 31.3. The lowest BCUT2D eigenvalue weighted by molar-refractivity contribution is 0.269. The van der Waals surface area contributed by atoms with E-state index in [2.05, 4.69) is 158 Å². The fourth-order valence-corrected chi connectivity index (χ4v) is 9.82. The van der Waals surface area contributed by atoms with Gasteiger partial charge in [0.05, 0.1) is 10.6 Å². The van der Waals surface area contributed by atoms with Gasteiger partial charge in [0.1, 0.15) is 11.9 Å². The van der Waals surface area contributed by atoms with E-state index < -0.39 is 0 Å². The van der Waals surface area contributed by atoms with Gasteiger partial charge in [-0.05, 0) is 77.9 Å². The van der Waals surface area contributed by atoms with Gasteiger partial charge in [0.25, 0.3) is 0 Å². The lowest BCUT2D eigenvalue weighted by Gasteiger charge is -2.28. The molecule has 1 nitrogen and oxygen atoms in total. The van der Waals surface area contributed by atoms with E-state index in [1.54, 1.807) is 0 Å². The number of benzene rings is 8. The Morgan fingerprint density at radius 3 is 1.90 bits per heavy atom. The lowest BCUT2D eigenvalue weighted by atomic mass is 9.76. The van der Waals surface area contributed by atoms with E-state index in [0.717, 1.165) is 5.75 Å². The fourth-order valence-electron chi connectivity index (χ4n) is 8.56. The number of fused-ring (bicyclic) bond motifs is 13. The molecule has 9 aromatic rings. The first-order valence-corrected chi connectivity index (χ1v) is 17.5. The van der Waals surface area contributed by atoms with Gasteiger partial charge in [-0.25, -0.2) is 0 Å². The molecule has 0 radical (unpaired) electrons. The first kappa shape index (κ1) is 26.4. The molecule has 1 aliphatic heterocycles. The molecule has 0 saturated carbocycles. The summed E-state index contributed by atoms with van der Waals surface area (Å²) in [5.74, 6) is 1.21. The molecule has 0 N–H and O–H groups in total. The van der Waals surface area contributed by atoms with E-state index in [0.29, 0.717) is 0 Å². The Morgan fingerprint density at radius 1 is 0.458 bits per heavy atom. The molecule has 0 spiro atoms. The van der Waals surface area contributed by atoms with Crippen molar-refractivity contribution in [3.63, 3.8) is 0 Å². The van der Waals surface area contributed by atoms with Gasteiger partial charge >= 0.3 is 0 Å². The van der Waals surface area contributed by atoms with Gasteiger partial charge in [-0.1, -0.05) is 146 Å². The summed E-state index contributed by atoms with van der Waals surface area (Å²) in [5.41, 5.74) is 9.01. The maximum atomic E-state index is 7.09. The quantitative estimate of drug-likeness (QED) is 0.185. The molecule has 0 amide bonds. The van der Waals surface area contributed by atoms with E-state index in [1.807, 2.05) is 11.3 Å². The Balaban J connectivity index is 1.14. The van der Waals surface area contributed by atoms with E-state index >= 15 is 0 Å². The zero-order valence-electron chi connectivity index (χ0n) is 26.0. The average Bonchev–Trinajstić information content (AvgIpc) is 3.72. The number of thiophene rings is 1. The summed E-state index contributed by atoms with van der Waals surface area (Å²) in [4.78, 5) is 0. The van der Waals surface area contributed by atoms with Crippen LogP contribution in [0, 0.1) is 0 Å². The SMILES string of the molecule is C1=C(c2cccc3ccccc23)c2ccccc2C2c3ccc4c(sc5cc(-c6cccc7ccccc67)c6ccccc6c54)c3OC12. The lowest BCUT2D eigenvalue weighted by Crippen LogP contribution is -2.22. The smallest absolute Gasteiger partial charge is 0.142 e. The van der Waals surface area contributed by atoms with Crippen LogP contribution in [0.5, 0.6) is 5.75 Å². The second-order valence-corrected chi connectivity index (χ2v) is 14.1. The Bertz CT molecular complexity index is 2830. The van der Waals surface area contributed by atoms with Crippen molar-refractivity contribution in [3.05, 3.63) is 180 Å². The third kappa shape index (κ3) is 3.61. The van der Waals surface area contributed by atoms with Crippen molar-refractivity contribution in [1.82, 2.24) is 0 Å². The molecule has 11 rings (SSSR count). The van der Waals surface area contributed by atoms with E-state index in [1.165, 1.54) is 91.4 Å². The van der Waals surface area contributed by atoms with E-state index in [-0.39, 0.29) is 12.0 Å². The van der Waals surface area contributed by atoms with Gasteiger partial charge in [-0.3, -0.25) is 0 Å². The van der Waals surface area contributed by atoms with Crippen LogP contribution in [0.3, 0.4) is 0 Å². The van der Waals surface area contributed by atoms with Crippen LogP contribution in [0.1, 0.15) is 28.2 Å². The highest BCUT2D eigenvalue weighted by atomic mass is 32.1. The highest BCUT2D eigenvalue weighted by Gasteiger charge is 2.40. The topological polar surface area (TPSA) is 9.23 Å². The van der Waals surface area contributed by atoms with Crippen LogP contribution in [-0.2, 0) is 0 Å². The summed E-state index contributed by atoms with van der Waals surface area (Å²) in [6.45, 7) is 0. The van der Waals surface area contributed by atoms with Crippen LogP contribution < -0.4 is 4.74 Å². The molecule has 0 saturated heterocycles. The second kappa shape index (κ2) is 9.90. The van der Waals surface area contributed by atoms with Gasteiger partial charge in [-0.2, -0.15) is 0 Å². The van der Waals surface area contributed by atoms with Gasteiger partial charge in [0.2, 0.25) is 0 Å². The van der Waals surface area contributed by atoms with Gasteiger partial charge in [0.15, 0.2) is 0 Å². The second-order valence-electron chi connectivity index (χ2n) is 13.1. The summed E-state index contributed by atoms with van der Waals surface area (Å²) in [6, 6.07) is 55.7. The molecule has 2 heteroatoms. The molecule has 2 heterocycles. The number of hydrogen-bond acceptors (Lipinski definition) is 2. The minimum Gasteiger partial charge on any atom is -0.484 e. The third-order valence-corrected chi connectivity index (χ3v) is 11.8. The highest BCUT2D eigenvalue weighted by molar-refractivity contribution is 7.26. The summed E-state index contributed by atoms with van der Waals surface area (Å²) < 4.78 is 9.64. The molecule has 2 unspecified atom stereocenters. The molecular formula is C46H28OS. The molecule has 1 aromatic heterocycles.